The molecule has 0 bridgehead atoms. The average Bonchev–Trinajstić information content (AvgIpc) is 3.13. The zero-order chi connectivity index (χ0) is 36.2. The maximum atomic E-state index is 13.2. The molecule has 290 valence electrons. The second-order valence-electron chi connectivity index (χ2n) is 15.0. The zero-order valence-corrected chi connectivity index (χ0v) is 33.5. The molecule has 0 saturated heterocycles. The van der Waals surface area contributed by atoms with Crippen molar-refractivity contribution < 1.29 is 14.3 Å². The first-order chi connectivity index (χ1) is 24.6. The maximum absolute atomic E-state index is 13.2. The molecule has 5 heteroatoms. The van der Waals surface area contributed by atoms with E-state index in [1.54, 1.807) is 18.2 Å². The summed E-state index contributed by atoms with van der Waals surface area (Å²) in [6.07, 6.45) is 39.7. The molecule has 0 atom stereocenters. The van der Waals surface area contributed by atoms with E-state index in [9.17, 15) is 9.59 Å². The van der Waals surface area contributed by atoms with Crippen LogP contribution < -0.4 is 15.4 Å². The van der Waals surface area contributed by atoms with Gasteiger partial charge in [-0.15, -0.1) is 0 Å². The van der Waals surface area contributed by atoms with E-state index in [0.29, 0.717) is 36.6 Å². The molecular formula is C45H82N2O3. The van der Waals surface area contributed by atoms with Crippen LogP contribution in [0.4, 0.5) is 0 Å². The van der Waals surface area contributed by atoms with Crippen LogP contribution in [0.15, 0.2) is 18.2 Å². The highest BCUT2D eigenvalue weighted by Gasteiger charge is 2.16. The highest BCUT2D eigenvalue weighted by Crippen LogP contribution is 2.22. The van der Waals surface area contributed by atoms with E-state index in [1.807, 2.05) is 0 Å². The Morgan fingerprint density at radius 2 is 0.780 bits per heavy atom. The smallest absolute Gasteiger partial charge is 0.255 e. The summed E-state index contributed by atoms with van der Waals surface area (Å²) in [6.45, 7) is 8.73. The van der Waals surface area contributed by atoms with Crippen LogP contribution in [0.5, 0.6) is 5.75 Å². The second-order valence-corrected chi connectivity index (χ2v) is 15.0. The standard InChI is InChI=1S/C45H82N2O3/c1-4-7-10-13-16-19-21-23-26-29-32-37-46-44(48)41-35-36-42(43(40-41)50-39-34-31-28-25-18-15-12-9-6-3)45(49)47-38-33-30-27-24-22-20-17-14-11-8-5-2/h35-36,40H,4-34,37-39H2,1-3H3,(H,46,48)(H,47,49). The lowest BCUT2D eigenvalue weighted by molar-refractivity contribution is 0.0937. The van der Waals surface area contributed by atoms with Crippen molar-refractivity contribution in [2.45, 2.75) is 220 Å². The molecule has 0 aliphatic heterocycles. The molecule has 2 amide bonds. The minimum atomic E-state index is -0.105. The SMILES string of the molecule is CCCCCCCCCCCCCNC(=O)c1ccc(C(=O)NCCCCCCCCCCCCC)c(OCCCCCCCCCCC)c1. The number of nitrogens with one attached hydrogen (secondary N) is 2. The van der Waals surface area contributed by atoms with Crippen LogP contribution in [0.3, 0.4) is 0 Å². The van der Waals surface area contributed by atoms with E-state index in [2.05, 4.69) is 31.4 Å². The predicted molar refractivity (Wildman–Crippen MR) is 217 cm³/mol. The third-order valence-electron chi connectivity index (χ3n) is 10.1. The van der Waals surface area contributed by atoms with Crippen LogP contribution in [0.1, 0.15) is 241 Å². The molecule has 5 nitrogen and oxygen atoms in total. The molecule has 0 aromatic heterocycles. The number of benzene rings is 1. The van der Waals surface area contributed by atoms with Gasteiger partial charge in [-0.25, -0.2) is 0 Å². The highest BCUT2D eigenvalue weighted by atomic mass is 16.5. The molecule has 0 saturated carbocycles. The fraction of sp³-hybridized carbons (Fsp3) is 0.822. The molecule has 0 unspecified atom stereocenters. The van der Waals surface area contributed by atoms with Gasteiger partial charge in [0, 0.05) is 18.7 Å². The van der Waals surface area contributed by atoms with Crippen molar-refractivity contribution in [3.8, 4) is 5.75 Å². The van der Waals surface area contributed by atoms with Gasteiger partial charge in [0.05, 0.1) is 12.2 Å². The molecular weight excluding hydrogens is 617 g/mol. The topological polar surface area (TPSA) is 67.4 Å². The van der Waals surface area contributed by atoms with Crippen molar-refractivity contribution in [2.24, 2.45) is 0 Å². The van der Waals surface area contributed by atoms with Crippen molar-refractivity contribution in [3.63, 3.8) is 0 Å². The van der Waals surface area contributed by atoms with Crippen LogP contribution in [0.25, 0.3) is 0 Å². The number of rotatable bonds is 37. The lowest BCUT2D eigenvalue weighted by atomic mass is 10.1. The van der Waals surface area contributed by atoms with Crippen molar-refractivity contribution >= 4 is 11.8 Å². The molecule has 0 heterocycles. The minimum absolute atomic E-state index is 0.0853. The Morgan fingerprint density at radius 1 is 0.440 bits per heavy atom. The van der Waals surface area contributed by atoms with Crippen LogP contribution >= 0.6 is 0 Å². The summed E-state index contributed by atoms with van der Waals surface area (Å²) in [6, 6.07) is 5.33. The van der Waals surface area contributed by atoms with Gasteiger partial charge in [0.25, 0.3) is 11.8 Å². The Hall–Kier alpha value is -2.04. The molecule has 2 N–H and O–H groups in total. The lowest BCUT2D eigenvalue weighted by Gasteiger charge is -2.14. The fourth-order valence-electron chi connectivity index (χ4n) is 6.74. The molecule has 0 radical (unpaired) electrons. The number of carbonyl (C=O) groups is 2. The quantitative estimate of drug-likeness (QED) is 0.0680. The number of hydrogen-bond donors (Lipinski definition) is 2. The third kappa shape index (κ3) is 26.7. The van der Waals surface area contributed by atoms with Crippen LogP contribution in [-0.4, -0.2) is 31.5 Å². The van der Waals surface area contributed by atoms with Crippen LogP contribution in [-0.2, 0) is 0 Å². The summed E-state index contributed by atoms with van der Waals surface area (Å²) in [5.41, 5.74) is 1.10. The van der Waals surface area contributed by atoms with E-state index in [4.69, 9.17) is 4.74 Å². The summed E-state index contributed by atoms with van der Waals surface area (Å²) in [5, 5.41) is 6.21. The summed E-state index contributed by atoms with van der Waals surface area (Å²) in [4.78, 5) is 26.2. The van der Waals surface area contributed by atoms with E-state index in [1.165, 1.54) is 161 Å². The Labute approximate surface area is 310 Å². The Morgan fingerprint density at radius 3 is 1.18 bits per heavy atom. The van der Waals surface area contributed by atoms with Gasteiger partial charge in [-0.2, -0.15) is 0 Å². The maximum Gasteiger partial charge on any atom is 0.255 e. The van der Waals surface area contributed by atoms with Crippen molar-refractivity contribution in [3.05, 3.63) is 29.3 Å². The summed E-state index contributed by atoms with van der Waals surface area (Å²) >= 11 is 0. The summed E-state index contributed by atoms with van der Waals surface area (Å²) in [7, 11) is 0. The van der Waals surface area contributed by atoms with Gasteiger partial charge in [-0.3, -0.25) is 9.59 Å². The van der Waals surface area contributed by atoms with Gasteiger partial charge >= 0.3 is 0 Å². The van der Waals surface area contributed by atoms with Gasteiger partial charge in [-0.1, -0.05) is 201 Å². The van der Waals surface area contributed by atoms with Crippen LogP contribution in [0.2, 0.25) is 0 Å². The normalized spacial score (nSPS) is 11.2. The first kappa shape index (κ1) is 46.0. The first-order valence-corrected chi connectivity index (χ1v) is 22.0. The Balaban J connectivity index is 2.46. The van der Waals surface area contributed by atoms with Gasteiger partial charge < -0.3 is 15.4 Å². The average molecular weight is 699 g/mol. The fourth-order valence-corrected chi connectivity index (χ4v) is 6.74. The van der Waals surface area contributed by atoms with Gasteiger partial charge in [0.15, 0.2) is 0 Å². The lowest BCUT2D eigenvalue weighted by Crippen LogP contribution is -2.26. The molecule has 0 aliphatic carbocycles. The zero-order valence-electron chi connectivity index (χ0n) is 33.5. The number of unbranched alkanes of at least 4 members (excludes halogenated alkanes) is 28. The van der Waals surface area contributed by atoms with Gasteiger partial charge in [-0.05, 0) is 37.5 Å². The number of ether oxygens (including phenoxy) is 1. The molecule has 1 rings (SSSR count). The monoisotopic (exact) mass is 699 g/mol. The molecule has 0 aliphatic rings. The number of hydrogen-bond acceptors (Lipinski definition) is 3. The van der Waals surface area contributed by atoms with Crippen molar-refractivity contribution in [2.75, 3.05) is 19.7 Å². The summed E-state index contributed by atoms with van der Waals surface area (Å²) in [5.74, 6) is 0.341. The van der Waals surface area contributed by atoms with E-state index >= 15 is 0 Å². The van der Waals surface area contributed by atoms with E-state index in [-0.39, 0.29) is 11.8 Å². The molecule has 50 heavy (non-hydrogen) atoms. The molecule has 0 fully saturated rings. The predicted octanol–water partition coefficient (Wildman–Crippen LogP) is 13.7. The highest BCUT2D eigenvalue weighted by molar-refractivity contribution is 6.00. The molecule has 1 aromatic rings. The molecule has 0 spiro atoms. The van der Waals surface area contributed by atoms with Gasteiger partial charge in [0.2, 0.25) is 0 Å². The van der Waals surface area contributed by atoms with Crippen molar-refractivity contribution in [1.29, 1.82) is 0 Å². The van der Waals surface area contributed by atoms with Gasteiger partial charge in [0.1, 0.15) is 5.75 Å². The Kier molecular flexibility index (Phi) is 32.5. The number of amides is 2. The first-order valence-electron chi connectivity index (χ1n) is 22.0. The minimum Gasteiger partial charge on any atom is -0.493 e. The molecule has 1 aromatic carbocycles. The third-order valence-corrected chi connectivity index (χ3v) is 10.1. The second kappa shape index (κ2) is 35.4. The van der Waals surface area contributed by atoms with Crippen molar-refractivity contribution in [1.82, 2.24) is 10.6 Å². The van der Waals surface area contributed by atoms with Crippen LogP contribution in [0, 0.1) is 0 Å². The van der Waals surface area contributed by atoms with E-state index in [0.717, 1.165) is 38.5 Å². The summed E-state index contributed by atoms with van der Waals surface area (Å²) < 4.78 is 6.20. The Bertz CT molecular complexity index is 918. The van der Waals surface area contributed by atoms with E-state index < -0.39 is 0 Å². The largest absolute Gasteiger partial charge is 0.493 e. The number of carbonyl (C=O) groups excluding carboxylic acids is 2.